The standard InChI is InChI=1S/C18H30N6O5/c1-18(2,3)29-17(27)23-16-21-12(25)10-8-6-5-7-9-11-28-14(26)13(24(16)4)22-15(19)20/h5,7,13H,6,8-11H2,1-4H3,(H4,19,20,22)(H,21,23,25,27)/b7-5+/i4D3. The molecule has 0 radical (unpaired) electrons. The average molecular weight is 413 g/mol. The van der Waals surface area contributed by atoms with Crippen molar-refractivity contribution < 1.29 is 28.0 Å². The topological polar surface area (TPSA) is 159 Å². The molecule has 0 aromatic heterocycles. The lowest BCUT2D eigenvalue weighted by molar-refractivity contribution is -0.148. The fraction of sp³-hybridized carbons (Fsp3) is 0.611. The third-order valence-corrected chi connectivity index (χ3v) is 3.31. The number of esters is 1. The SMILES string of the molecule is [2H]C([2H])([2H])N1C(=NC(=O)OC(C)(C)C)NC(=O)CCC/C=C/CCOC(=O)C1NC(=N)N. The predicted octanol–water partition coefficient (Wildman–Crippen LogP) is 0.808. The summed E-state index contributed by atoms with van der Waals surface area (Å²) in [6.45, 7) is 1.54. The van der Waals surface area contributed by atoms with Crippen molar-refractivity contribution in [1.29, 1.82) is 5.41 Å². The summed E-state index contributed by atoms with van der Waals surface area (Å²) in [5.41, 5.74) is 4.38. The summed E-state index contributed by atoms with van der Waals surface area (Å²) in [5, 5.41) is 11.9. The molecule has 29 heavy (non-hydrogen) atoms. The third-order valence-electron chi connectivity index (χ3n) is 3.31. The second kappa shape index (κ2) is 11.0. The highest BCUT2D eigenvalue weighted by Gasteiger charge is 2.30. The number of ether oxygens (including phenoxy) is 2. The van der Waals surface area contributed by atoms with E-state index in [-0.39, 0.29) is 13.0 Å². The van der Waals surface area contributed by atoms with Crippen molar-refractivity contribution in [2.45, 2.75) is 58.2 Å². The molecule has 11 heteroatoms. The Bertz CT molecular complexity index is 776. The molecule has 1 aliphatic rings. The number of aliphatic imine (C=N–C) groups is 1. The van der Waals surface area contributed by atoms with E-state index in [0.29, 0.717) is 24.2 Å². The number of allylic oxidation sites excluding steroid dienone is 1. The van der Waals surface area contributed by atoms with Gasteiger partial charge in [-0.1, -0.05) is 12.2 Å². The first-order chi connectivity index (χ1) is 14.7. The highest BCUT2D eigenvalue weighted by molar-refractivity contribution is 6.02. The van der Waals surface area contributed by atoms with Crippen molar-refractivity contribution in [3.63, 3.8) is 0 Å². The summed E-state index contributed by atoms with van der Waals surface area (Å²) < 4.78 is 33.9. The minimum absolute atomic E-state index is 0.00175. The molecule has 1 aliphatic heterocycles. The Labute approximate surface area is 174 Å². The van der Waals surface area contributed by atoms with Crippen LogP contribution in [-0.2, 0) is 19.1 Å². The van der Waals surface area contributed by atoms with Gasteiger partial charge in [-0.3, -0.25) is 15.5 Å². The van der Waals surface area contributed by atoms with Crippen LogP contribution in [0.3, 0.4) is 0 Å². The molecule has 5 N–H and O–H groups in total. The Balaban J connectivity index is 3.54. The van der Waals surface area contributed by atoms with Crippen LogP contribution in [0.15, 0.2) is 17.1 Å². The van der Waals surface area contributed by atoms with E-state index in [4.69, 9.17) is 24.7 Å². The Kier molecular flexibility index (Phi) is 7.31. The lowest BCUT2D eigenvalue weighted by Crippen LogP contribution is -2.59. The van der Waals surface area contributed by atoms with Crippen molar-refractivity contribution in [1.82, 2.24) is 15.5 Å². The number of hydrogen-bond donors (Lipinski definition) is 4. The van der Waals surface area contributed by atoms with Gasteiger partial charge in [-0.15, -0.1) is 4.99 Å². The summed E-state index contributed by atoms with van der Waals surface area (Å²) >= 11 is 0. The van der Waals surface area contributed by atoms with Crippen LogP contribution in [0.4, 0.5) is 4.79 Å². The van der Waals surface area contributed by atoms with E-state index < -0.39 is 48.6 Å². The highest BCUT2D eigenvalue weighted by atomic mass is 16.6. The highest BCUT2D eigenvalue weighted by Crippen LogP contribution is 2.09. The number of cyclic esters (lactones) is 1. The monoisotopic (exact) mass is 413 g/mol. The summed E-state index contributed by atoms with van der Waals surface area (Å²) in [4.78, 5) is 41.4. The van der Waals surface area contributed by atoms with E-state index in [1.54, 1.807) is 26.8 Å². The Morgan fingerprint density at radius 3 is 2.76 bits per heavy atom. The molecule has 0 spiro atoms. The Morgan fingerprint density at radius 2 is 2.14 bits per heavy atom. The largest absolute Gasteiger partial charge is 0.462 e. The molecule has 1 atom stereocenters. The van der Waals surface area contributed by atoms with E-state index in [9.17, 15) is 14.4 Å². The zero-order valence-corrected chi connectivity index (χ0v) is 16.8. The maximum atomic E-state index is 12.7. The van der Waals surface area contributed by atoms with Crippen molar-refractivity contribution >= 4 is 29.9 Å². The number of nitrogens with zero attached hydrogens (tertiary/aromatic N) is 2. The third kappa shape index (κ3) is 9.58. The van der Waals surface area contributed by atoms with Crippen LogP contribution < -0.4 is 16.4 Å². The zero-order valence-electron chi connectivity index (χ0n) is 19.8. The van der Waals surface area contributed by atoms with Gasteiger partial charge in [0.1, 0.15) is 5.60 Å². The van der Waals surface area contributed by atoms with Crippen LogP contribution in [0.2, 0.25) is 0 Å². The molecule has 1 unspecified atom stereocenters. The molecule has 0 saturated carbocycles. The second-order valence-electron chi connectivity index (χ2n) is 7.11. The van der Waals surface area contributed by atoms with Gasteiger partial charge in [0, 0.05) is 17.5 Å². The molecule has 1 heterocycles. The van der Waals surface area contributed by atoms with Gasteiger partial charge in [-0.2, -0.15) is 0 Å². The number of rotatable bonds is 1. The lowest BCUT2D eigenvalue weighted by atomic mass is 10.2. The van der Waals surface area contributed by atoms with Gasteiger partial charge in [0.25, 0.3) is 0 Å². The maximum Gasteiger partial charge on any atom is 0.437 e. The van der Waals surface area contributed by atoms with Gasteiger partial charge >= 0.3 is 12.1 Å². The molecule has 1 rings (SSSR count). The van der Waals surface area contributed by atoms with Gasteiger partial charge < -0.3 is 25.4 Å². The molecule has 0 bridgehead atoms. The van der Waals surface area contributed by atoms with Gasteiger partial charge in [-0.05, 0) is 40.0 Å². The predicted molar refractivity (Wildman–Crippen MR) is 107 cm³/mol. The molecule has 162 valence electrons. The molecule has 0 saturated heterocycles. The molecule has 0 aliphatic carbocycles. The van der Waals surface area contributed by atoms with E-state index in [2.05, 4.69) is 15.6 Å². The van der Waals surface area contributed by atoms with Crippen molar-refractivity contribution in [3.05, 3.63) is 12.2 Å². The fourth-order valence-corrected chi connectivity index (χ4v) is 2.12. The first kappa shape index (κ1) is 19.2. The van der Waals surface area contributed by atoms with E-state index >= 15 is 0 Å². The summed E-state index contributed by atoms with van der Waals surface area (Å²) in [6, 6.07) is 0. The van der Waals surface area contributed by atoms with Crippen LogP contribution >= 0.6 is 0 Å². The quantitative estimate of drug-likeness (QED) is 0.213. The number of guanidine groups is 2. The van der Waals surface area contributed by atoms with E-state index in [1.165, 1.54) is 0 Å². The Morgan fingerprint density at radius 1 is 1.45 bits per heavy atom. The fourth-order valence-electron chi connectivity index (χ4n) is 2.12. The minimum atomic E-state index is -3.11. The first-order valence-electron chi connectivity index (χ1n) is 10.5. The van der Waals surface area contributed by atoms with Gasteiger partial charge in [0.05, 0.1) is 6.61 Å². The number of hydrogen-bond acceptors (Lipinski definition) is 6. The lowest BCUT2D eigenvalue weighted by Gasteiger charge is -2.30. The molecule has 11 nitrogen and oxygen atoms in total. The van der Waals surface area contributed by atoms with Crippen LogP contribution in [0.5, 0.6) is 0 Å². The van der Waals surface area contributed by atoms with Crippen molar-refractivity contribution in [3.8, 4) is 0 Å². The van der Waals surface area contributed by atoms with Gasteiger partial charge in [-0.25, -0.2) is 9.59 Å². The minimum Gasteiger partial charge on any atom is -0.462 e. The number of nitrogens with two attached hydrogens (primary N) is 1. The number of amides is 2. The molecule has 0 aromatic rings. The number of carbonyl (C=O) groups is 3. The van der Waals surface area contributed by atoms with Crippen molar-refractivity contribution in [2.24, 2.45) is 10.7 Å². The van der Waals surface area contributed by atoms with Gasteiger partial charge in [0.2, 0.25) is 18.0 Å². The maximum absolute atomic E-state index is 12.7. The molecule has 0 fully saturated rings. The molecule has 2 amide bonds. The smallest absolute Gasteiger partial charge is 0.437 e. The molecule has 0 aromatic carbocycles. The second-order valence-corrected chi connectivity index (χ2v) is 7.11. The van der Waals surface area contributed by atoms with E-state index in [1.807, 2.05) is 6.08 Å². The van der Waals surface area contributed by atoms with Crippen LogP contribution in [0.1, 0.15) is 50.6 Å². The number of likely N-dealkylation sites (N-methyl/N-ethyl adjacent to an activating group) is 1. The van der Waals surface area contributed by atoms with Crippen LogP contribution in [-0.4, -0.2) is 60.1 Å². The number of nitrogens with one attached hydrogen (secondary N) is 3. The summed E-state index contributed by atoms with van der Waals surface area (Å²) in [6.07, 6.45) is 1.87. The summed E-state index contributed by atoms with van der Waals surface area (Å²) in [5.74, 6) is -3.26. The Hall–Kier alpha value is -3.11. The average Bonchev–Trinajstić information content (AvgIpc) is 2.59. The zero-order chi connectivity index (χ0) is 24.5. The van der Waals surface area contributed by atoms with Crippen LogP contribution in [0.25, 0.3) is 0 Å². The first-order valence-corrected chi connectivity index (χ1v) is 9.04. The van der Waals surface area contributed by atoms with Crippen LogP contribution in [0, 0.1) is 5.41 Å². The molecular formula is C18H30N6O5. The summed E-state index contributed by atoms with van der Waals surface area (Å²) in [7, 11) is 0. The number of carbonyl (C=O) groups excluding carboxylic acids is 3. The molecular weight excluding hydrogens is 380 g/mol. The normalized spacial score (nSPS) is 24.1. The van der Waals surface area contributed by atoms with Crippen molar-refractivity contribution in [2.75, 3.05) is 13.6 Å². The van der Waals surface area contributed by atoms with Gasteiger partial charge in [0.15, 0.2) is 5.96 Å². The van der Waals surface area contributed by atoms with E-state index in [0.717, 1.165) is 0 Å².